The number of nitrogens with one attached hydrogen (secondary N) is 1. The Bertz CT molecular complexity index is 891. The molecule has 1 heterocycles. The molecule has 2 aromatic carbocycles. The van der Waals surface area contributed by atoms with Crippen LogP contribution in [0.4, 0.5) is 5.69 Å². The predicted molar refractivity (Wildman–Crippen MR) is 115 cm³/mol. The summed E-state index contributed by atoms with van der Waals surface area (Å²) in [6.45, 7) is 4.80. The van der Waals surface area contributed by atoms with Gasteiger partial charge < -0.3 is 10.1 Å². The summed E-state index contributed by atoms with van der Waals surface area (Å²) >= 11 is 3.05. The average molecular weight is 401 g/mol. The number of aryl methyl sites for hydroxylation is 1. The largest absolute Gasteiger partial charge is 0.494 e. The summed E-state index contributed by atoms with van der Waals surface area (Å²) < 4.78 is 7.49. The van der Waals surface area contributed by atoms with Gasteiger partial charge >= 0.3 is 0 Å². The van der Waals surface area contributed by atoms with E-state index in [1.807, 2.05) is 37.3 Å². The molecule has 0 radical (unpaired) electrons. The van der Waals surface area contributed by atoms with E-state index in [1.165, 1.54) is 30.2 Å². The number of unbranched alkanes of at least 4 members (excludes halogenated alkanes) is 1. The fourth-order valence-corrected chi connectivity index (χ4v) is 4.56. The molecule has 3 aromatic rings. The highest BCUT2D eigenvalue weighted by Gasteiger charge is 2.09. The van der Waals surface area contributed by atoms with E-state index in [2.05, 4.69) is 29.4 Å². The standard InChI is InChI=1S/C21H24N2O2S2/c1-3-5-6-15-7-9-16(10-8-15)22-20(24)14-26-21-23-18-12-11-17(25-4-2)13-19(18)27-21/h7-13H,3-6,14H2,1-2H3,(H,22,24). The van der Waals surface area contributed by atoms with Gasteiger partial charge in [0.1, 0.15) is 5.75 Å². The maximum atomic E-state index is 12.2. The molecule has 1 aromatic heterocycles. The van der Waals surface area contributed by atoms with Crippen LogP contribution in [0.25, 0.3) is 10.2 Å². The molecule has 4 nitrogen and oxygen atoms in total. The van der Waals surface area contributed by atoms with E-state index in [4.69, 9.17) is 4.74 Å². The molecular weight excluding hydrogens is 376 g/mol. The summed E-state index contributed by atoms with van der Waals surface area (Å²) in [6.07, 6.45) is 3.47. The molecule has 0 saturated carbocycles. The minimum Gasteiger partial charge on any atom is -0.494 e. The van der Waals surface area contributed by atoms with Crippen molar-refractivity contribution >= 4 is 44.9 Å². The SMILES string of the molecule is CCCCc1ccc(NC(=O)CSc2nc3ccc(OCC)cc3s2)cc1. The number of fused-ring (bicyclic) bond motifs is 1. The average Bonchev–Trinajstić information content (AvgIpc) is 3.08. The molecule has 1 amide bonds. The Labute approximate surface area is 168 Å². The fourth-order valence-electron chi connectivity index (χ4n) is 2.66. The quantitative estimate of drug-likeness (QED) is 0.463. The first-order valence-corrected chi connectivity index (χ1v) is 11.0. The molecule has 0 unspecified atom stereocenters. The van der Waals surface area contributed by atoms with E-state index in [-0.39, 0.29) is 5.91 Å². The second kappa shape index (κ2) is 9.76. The molecule has 0 bridgehead atoms. The lowest BCUT2D eigenvalue weighted by Crippen LogP contribution is -2.13. The van der Waals surface area contributed by atoms with Crippen LogP contribution in [0.15, 0.2) is 46.8 Å². The van der Waals surface area contributed by atoms with E-state index in [0.717, 1.165) is 32.4 Å². The molecule has 0 aliphatic heterocycles. The third-order valence-electron chi connectivity index (χ3n) is 4.03. The number of nitrogens with zero attached hydrogens (tertiary/aromatic N) is 1. The highest BCUT2D eigenvalue weighted by molar-refractivity contribution is 8.01. The van der Waals surface area contributed by atoms with Gasteiger partial charge in [-0.25, -0.2) is 4.98 Å². The third-order valence-corrected chi connectivity index (χ3v) is 6.20. The summed E-state index contributed by atoms with van der Waals surface area (Å²) in [6, 6.07) is 14.0. The molecule has 0 fully saturated rings. The lowest BCUT2D eigenvalue weighted by molar-refractivity contribution is -0.113. The van der Waals surface area contributed by atoms with Gasteiger partial charge in [-0.2, -0.15) is 0 Å². The van der Waals surface area contributed by atoms with Crippen LogP contribution < -0.4 is 10.1 Å². The summed E-state index contributed by atoms with van der Waals surface area (Å²) in [5, 5.41) is 2.95. The zero-order valence-electron chi connectivity index (χ0n) is 15.7. The molecule has 0 saturated heterocycles. The van der Waals surface area contributed by atoms with Crippen LogP contribution in [0.2, 0.25) is 0 Å². The topological polar surface area (TPSA) is 51.2 Å². The van der Waals surface area contributed by atoms with Crippen molar-refractivity contribution in [2.45, 2.75) is 37.4 Å². The van der Waals surface area contributed by atoms with Crippen LogP contribution in [0.3, 0.4) is 0 Å². The maximum absolute atomic E-state index is 12.2. The number of thioether (sulfide) groups is 1. The first-order valence-electron chi connectivity index (χ1n) is 9.23. The Balaban J connectivity index is 1.53. The van der Waals surface area contributed by atoms with Crippen molar-refractivity contribution in [2.24, 2.45) is 0 Å². The van der Waals surface area contributed by atoms with E-state index < -0.39 is 0 Å². The van der Waals surface area contributed by atoms with Gasteiger partial charge in [0.2, 0.25) is 5.91 Å². The minimum absolute atomic E-state index is 0.0180. The van der Waals surface area contributed by atoms with Crippen molar-refractivity contribution < 1.29 is 9.53 Å². The van der Waals surface area contributed by atoms with Gasteiger partial charge in [-0.05, 0) is 55.7 Å². The number of anilines is 1. The number of thiazole rings is 1. The minimum atomic E-state index is -0.0180. The van der Waals surface area contributed by atoms with Crippen molar-refractivity contribution in [1.82, 2.24) is 4.98 Å². The predicted octanol–water partition coefficient (Wildman–Crippen LogP) is 5.77. The zero-order chi connectivity index (χ0) is 19.1. The molecular formula is C21H24N2O2S2. The van der Waals surface area contributed by atoms with Gasteiger partial charge in [0.05, 0.1) is 22.6 Å². The van der Waals surface area contributed by atoms with Crippen LogP contribution in [-0.2, 0) is 11.2 Å². The van der Waals surface area contributed by atoms with Crippen molar-refractivity contribution in [3.8, 4) is 5.75 Å². The highest BCUT2D eigenvalue weighted by atomic mass is 32.2. The number of hydrogen-bond donors (Lipinski definition) is 1. The molecule has 0 aliphatic rings. The molecule has 0 aliphatic carbocycles. The van der Waals surface area contributed by atoms with Gasteiger partial charge in [0.25, 0.3) is 0 Å². The lowest BCUT2D eigenvalue weighted by atomic mass is 10.1. The Hall–Kier alpha value is -2.05. The molecule has 142 valence electrons. The summed E-state index contributed by atoms with van der Waals surface area (Å²) in [7, 11) is 0. The third kappa shape index (κ3) is 5.71. The zero-order valence-corrected chi connectivity index (χ0v) is 17.3. The molecule has 0 spiro atoms. The first kappa shape index (κ1) is 19.7. The molecule has 27 heavy (non-hydrogen) atoms. The monoisotopic (exact) mass is 400 g/mol. The van der Waals surface area contributed by atoms with Gasteiger partial charge in [0.15, 0.2) is 4.34 Å². The smallest absolute Gasteiger partial charge is 0.234 e. The van der Waals surface area contributed by atoms with Gasteiger partial charge in [-0.3, -0.25) is 4.79 Å². The first-order chi connectivity index (χ1) is 13.2. The number of benzene rings is 2. The number of aromatic nitrogens is 1. The summed E-state index contributed by atoms with van der Waals surface area (Å²) in [5.41, 5.74) is 3.09. The van der Waals surface area contributed by atoms with Crippen molar-refractivity contribution in [3.05, 3.63) is 48.0 Å². The summed E-state index contributed by atoms with van der Waals surface area (Å²) in [5.74, 6) is 1.18. The molecule has 0 atom stereocenters. The number of amides is 1. The number of hydrogen-bond acceptors (Lipinski definition) is 5. The van der Waals surface area contributed by atoms with E-state index >= 15 is 0 Å². The Morgan fingerprint density at radius 2 is 2.00 bits per heavy atom. The van der Waals surface area contributed by atoms with Crippen LogP contribution in [0.1, 0.15) is 32.3 Å². The van der Waals surface area contributed by atoms with Crippen LogP contribution >= 0.6 is 23.1 Å². The van der Waals surface area contributed by atoms with Crippen molar-refractivity contribution in [3.63, 3.8) is 0 Å². The second-order valence-corrected chi connectivity index (χ2v) is 8.43. The number of carbonyl (C=O) groups excluding carboxylic acids is 1. The van der Waals surface area contributed by atoms with E-state index in [0.29, 0.717) is 12.4 Å². The van der Waals surface area contributed by atoms with Gasteiger partial charge in [-0.1, -0.05) is 37.2 Å². The maximum Gasteiger partial charge on any atom is 0.234 e. The number of carbonyl (C=O) groups is 1. The Morgan fingerprint density at radius 3 is 2.74 bits per heavy atom. The van der Waals surface area contributed by atoms with E-state index in [9.17, 15) is 4.79 Å². The van der Waals surface area contributed by atoms with Crippen molar-refractivity contribution in [1.29, 1.82) is 0 Å². The van der Waals surface area contributed by atoms with Crippen LogP contribution in [0.5, 0.6) is 5.75 Å². The molecule has 1 N–H and O–H groups in total. The number of ether oxygens (including phenoxy) is 1. The molecule has 6 heteroatoms. The lowest BCUT2D eigenvalue weighted by Gasteiger charge is -2.06. The Kier molecular flexibility index (Phi) is 7.12. The summed E-state index contributed by atoms with van der Waals surface area (Å²) in [4.78, 5) is 16.8. The fraction of sp³-hybridized carbons (Fsp3) is 0.333. The van der Waals surface area contributed by atoms with E-state index in [1.54, 1.807) is 11.3 Å². The second-order valence-electron chi connectivity index (χ2n) is 6.18. The van der Waals surface area contributed by atoms with Gasteiger partial charge in [-0.15, -0.1) is 11.3 Å². The normalized spacial score (nSPS) is 10.9. The molecule has 3 rings (SSSR count). The highest BCUT2D eigenvalue weighted by Crippen LogP contribution is 2.32. The number of rotatable bonds is 9. The van der Waals surface area contributed by atoms with Crippen LogP contribution in [-0.4, -0.2) is 23.3 Å². The van der Waals surface area contributed by atoms with Crippen molar-refractivity contribution in [2.75, 3.05) is 17.7 Å². The van der Waals surface area contributed by atoms with Crippen LogP contribution in [0, 0.1) is 0 Å². The Morgan fingerprint density at radius 1 is 1.19 bits per heavy atom. The van der Waals surface area contributed by atoms with Gasteiger partial charge in [0, 0.05) is 5.69 Å².